The molecule has 31 heavy (non-hydrogen) atoms. The fourth-order valence-corrected chi connectivity index (χ4v) is 4.63. The van der Waals surface area contributed by atoms with Gasteiger partial charge in [0.15, 0.2) is 0 Å². The SMILES string of the molecule is CCOC(=O)c1sc(-c2ccccc2)cc1NC(=O)CN1CCC[C@H](C(=O)OCC)C1. The van der Waals surface area contributed by atoms with E-state index in [1.807, 2.05) is 41.3 Å². The number of rotatable bonds is 8. The molecule has 2 aromatic rings. The van der Waals surface area contributed by atoms with Crippen molar-refractivity contribution in [2.24, 2.45) is 5.92 Å². The fourth-order valence-electron chi connectivity index (χ4n) is 3.62. The van der Waals surface area contributed by atoms with Gasteiger partial charge in [0, 0.05) is 11.4 Å². The second-order valence-electron chi connectivity index (χ2n) is 7.31. The maximum Gasteiger partial charge on any atom is 0.350 e. The van der Waals surface area contributed by atoms with Gasteiger partial charge in [0.1, 0.15) is 4.88 Å². The highest BCUT2D eigenvalue weighted by molar-refractivity contribution is 7.18. The van der Waals surface area contributed by atoms with E-state index in [0.29, 0.717) is 23.7 Å². The number of benzene rings is 1. The molecule has 1 aliphatic rings. The van der Waals surface area contributed by atoms with Crippen molar-refractivity contribution in [1.82, 2.24) is 4.90 Å². The summed E-state index contributed by atoms with van der Waals surface area (Å²) in [7, 11) is 0. The van der Waals surface area contributed by atoms with Gasteiger partial charge in [-0.05, 0) is 44.9 Å². The Bertz CT molecular complexity index is 912. The zero-order chi connectivity index (χ0) is 22.2. The van der Waals surface area contributed by atoms with Gasteiger partial charge in [0.2, 0.25) is 5.91 Å². The van der Waals surface area contributed by atoms with Gasteiger partial charge in [0.25, 0.3) is 0 Å². The number of piperidine rings is 1. The average Bonchev–Trinajstić information content (AvgIpc) is 3.18. The van der Waals surface area contributed by atoms with Crippen molar-refractivity contribution >= 4 is 34.9 Å². The summed E-state index contributed by atoms with van der Waals surface area (Å²) in [6.07, 6.45) is 1.61. The van der Waals surface area contributed by atoms with Crippen molar-refractivity contribution in [3.05, 3.63) is 41.3 Å². The number of amides is 1. The van der Waals surface area contributed by atoms with E-state index in [0.717, 1.165) is 29.8 Å². The highest BCUT2D eigenvalue weighted by Gasteiger charge is 2.28. The molecule has 1 aromatic carbocycles. The van der Waals surface area contributed by atoms with Crippen LogP contribution in [0, 0.1) is 5.92 Å². The van der Waals surface area contributed by atoms with Gasteiger partial charge in [-0.1, -0.05) is 30.3 Å². The van der Waals surface area contributed by atoms with E-state index < -0.39 is 5.97 Å². The van der Waals surface area contributed by atoms with Crippen LogP contribution in [-0.2, 0) is 19.1 Å². The van der Waals surface area contributed by atoms with Crippen LogP contribution in [0.3, 0.4) is 0 Å². The first kappa shape index (κ1) is 23.0. The molecule has 166 valence electrons. The fraction of sp³-hybridized carbons (Fsp3) is 0.435. The van der Waals surface area contributed by atoms with Crippen molar-refractivity contribution in [1.29, 1.82) is 0 Å². The monoisotopic (exact) mass is 444 g/mol. The lowest BCUT2D eigenvalue weighted by Crippen LogP contribution is -2.43. The van der Waals surface area contributed by atoms with Gasteiger partial charge in [-0.15, -0.1) is 11.3 Å². The zero-order valence-electron chi connectivity index (χ0n) is 17.9. The van der Waals surface area contributed by atoms with E-state index in [4.69, 9.17) is 9.47 Å². The molecule has 1 saturated heterocycles. The second kappa shape index (κ2) is 11.1. The molecule has 1 amide bonds. The third-order valence-electron chi connectivity index (χ3n) is 5.02. The lowest BCUT2D eigenvalue weighted by molar-refractivity contribution is -0.150. The molecule has 7 nitrogen and oxygen atoms in total. The van der Waals surface area contributed by atoms with Crippen molar-refractivity contribution in [3.8, 4) is 10.4 Å². The van der Waals surface area contributed by atoms with Crippen molar-refractivity contribution in [3.63, 3.8) is 0 Å². The number of hydrogen-bond donors (Lipinski definition) is 1. The van der Waals surface area contributed by atoms with E-state index in [1.54, 1.807) is 13.8 Å². The normalized spacial score (nSPS) is 16.5. The molecule has 1 atom stereocenters. The molecule has 0 aliphatic carbocycles. The first-order valence-corrected chi connectivity index (χ1v) is 11.4. The molecule has 0 saturated carbocycles. The van der Waals surface area contributed by atoms with Gasteiger partial charge in [-0.3, -0.25) is 14.5 Å². The number of nitrogens with zero attached hydrogens (tertiary/aromatic N) is 1. The second-order valence-corrected chi connectivity index (χ2v) is 8.37. The van der Waals surface area contributed by atoms with Crippen LogP contribution in [0.4, 0.5) is 5.69 Å². The predicted octanol–water partition coefficient (Wildman–Crippen LogP) is 3.81. The quantitative estimate of drug-likeness (QED) is 0.624. The molecule has 0 radical (unpaired) electrons. The number of ether oxygens (including phenoxy) is 2. The number of anilines is 1. The summed E-state index contributed by atoms with van der Waals surface area (Å²) in [4.78, 5) is 40.4. The Labute approximate surface area is 186 Å². The number of thiophene rings is 1. The van der Waals surface area contributed by atoms with E-state index in [-0.39, 0.29) is 30.9 Å². The number of carbonyl (C=O) groups is 3. The molecule has 1 fully saturated rings. The Kier molecular flexibility index (Phi) is 8.20. The number of likely N-dealkylation sites (tertiary alicyclic amines) is 1. The molecular weight excluding hydrogens is 416 g/mol. The van der Waals surface area contributed by atoms with E-state index in [9.17, 15) is 14.4 Å². The van der Waals surface area contributed by atoms with Gasteiger partial charge in [-0.2, -0.15) is 0 Å². The predicted molar refractivity (Wildman–Crippen MR) is 120 cm³/mol. The lowest BCUT2D eigenvalue weighted by atomic mass is 9.98. The Morgan fingerprint density at radius 2 is 1.87 bits per heavy atom. The molecule has 0 bridgehead atoms. The van der Waals surface area contributed by atoms with Crippen LogP contribution in [0.5, 0.6) is 0 Å². The Morgan fingerprint density at radius 3 is 2.58 bits per heavy atom. The van der Waals surface area contributed by atoms with E-state index in [1.165, 1.54) is 11.3 Å². The first-order chi connectivity index (χ1) is 15.0. The van der Waals surface area contributed by atoms with Crippen molar-refractivity contribution in [2.45, 2.75) is 26.7 Å². The van der Waals surface area contributed by atoms with Crippen LogP contribution < -0.4 is 5.32 Å². The number of carbonyl (C=O) groups excluding carboxylic acids is 3. The first-order valence-electron chi connectivity index (χ1n) is 10.6. The summed E-state index contributed by atoms with van der Waals surface area (Å²) in [5.74, 6) is -1.09. The highest BCUT2D eigenvalue weighted by atomic mass is 32.1. The molecule has 1 N–H and O–H groups in total. The number of nitrogens with one attached hydrogen (secondary N) is 1. The van der Waals surface area contributed by atoms with Gasteiger partial charge >= 0.3 is 11.9 Å². The highest BCUT2D eigenvalue weighted by Crippen LogP contribution is 2.35. The summed E-state index contributed by atoms with van der Waals surface area (Å²) in [5.41, 5.74) is 1.41. The molecule has 0 unspecified atom stereocenters. The van der Waals surface area contributed by atoms with E-state index >= 15 is 0 Å². The number of esters is 2. The Balaban J connectivity index is 1.70. The van der Waals surface area contributed by atoms with Crippen LogP contribution in [0.25, 0.3) is 10.4 Å². The largest absolute Gasteiger partial charge is 0.466 e. The van der Waals surface area contributed by atoms with Gasteiger partial charge in [0.05, 0.1) is 31.4 Å². The van der Waals surface area contributed by atoms with Crippen LogP contribution in [0.15, 0.2) is 36.4 Å². The standard InChI is InChI=1S/C23H28N2O5S/c1-3-29-22(27)17-11-8-12-25(14-17)15-20(26)24-18-13-19(16-9-6-5-7-10-16)31-21(18)23(28)30-4-2/h5-7,9-10,13,17H,3-4,8,11-12,14-15H2,1-2H3,(H,24,26)/t17-/m0/s1. The van der Waals surface area contributed by atoms with Gasteiger partial charge in [-0.25, -0.2) is 4.79 Å². The van der Waals surface area contributed by atoms with Crippen LogP contribution in [-0.4, -0.2) is 55.6 Å². The molecule has 2 heterocycles. The minimum absolute atomic E-state index is 0.148. The molecule has 8 heteroatoms. The molecule has 1 aliphatic heterocycles. The molecule has 1 aromatic heterocycles. The van der Waals surface area contributed by atoms with Crippen LogP contribution >= 0.6 is 11.3 Å². The topological polar surface area (TPSA) is 84.9 Å². The zero-order valence-corrected chi connectivity index (χ0v) is 18.7. The summed E-state index contributed by atoms with van der Waals surface area (Å²) >= 11 is 1.29. The smallest absolute Gasteiger partial charge is 0.350 e. The maximum absolute atomic E-state index is 12.7. The lowest BCUT2D eigenvalue weighted by Gasteiger charge is -2.30. The van der Waals surface area contributed by atoms with Crippen molar-refractivity contribution in [2.75, 3.05) is 38.2 Å². The summed E-state index contributed by atoms with van der Waals surface area (Å²) in [6, 6.07) is 11.5. The molecular formula is C23H28N2O5S. The summed E-state index contributed by atoms with van der Waals surface area (Å²) < 4.78 is 10.3. The third kappa shape index (κ3) is 6.15. The average molecular weight is 445 g/mol. The van der Waals surface area contributed by atoms with Crippen molar-refractivity contribution < 1.29 is 23.9 Å². The van der Waals surface area contributed by atoms with Crippen LogP contribution in [0.1, 0.15) is 36.4 Å². The third-order valence-corrected chi connectivity index (χ3v) is 6.18. The summed E-state index contributed by atoms with van der Waals surface area (Å²) in [6.45, 7) is 5.54. The van der Waals surface area contributed by atoms with E-state index in [2.05, 4.69) is 5.32 Å². The van der Waals surface area contributed by atoms with Gasteiger partial charge < -0.3 is 14.8 Å². The minimum atomic E-state index is -0.453. The molecule has 3 rings (SSSR count). The maximum atomic E-state index is 12.7. The van der Waals surface area contributed by atoms with Crippen LogP contribution in [0.2, 0.25) is 0 Å². The summed E-state index contributed by atoms with van der Waals surface area (Å²) in [5, 5.41) is 2.87. The number of hydrogen-bond acceptors (Lipinski definition) is 7. The molecule has 0 spiro atoms. The minimum Gasteiger partial charge on any atom is -0.466 e. The Hall–Kier alpha value is -2.71. The Morgan fingerprint density at radius 1 is 1.13 bits per heavy atom.